The lowest BCUT2D eigenvalue weighted by Gasteiger charge is -2.38. The minimum absolute atomic E-state index is 0.156. The Labute approximate surface area is 176 Å². The summed E-state index contributed by atoms with van der Waals surface area (Å²) in [6, 6.07) is 9.65. The number of benzene rings is 1. The highest BCUT2D eigenvalue weighted by Gasteiger charge is 2.28. The Hall–Kier alpha value is -1.63. The van der Waals surface area contributed by atoms with E-state index in [-0.39, 0.29) is 6.10 Å². The fourth-order valence-corrected chi connectivity index (χ4v) is 4.38. The maximum atomic E-state index is 6.15. The average Bonchev–Trinajstić information content (AvgIpc) is 2.75. The zero-order valence-corrected chi connectivity index (χ0v) is 18.5. The van der Waals surface area contributed by atoms with E-state index in [9.17, 15) is 0 Å². The molecule has 1 aromatic carbocycles. The van der Waals surface area contributed by atoms with Crippen molar-refractivity contribution in [1.29, 1.82) is 0 Å². The van der Waals surface area contributed by atoms with Crippen molar-refractivity contribution in [2.24, 2.45) is 10.9 Å². The molecule has 2 aliphatic heterocycles. The van der Waals surface area contributed by atoms with Crippen LogP contribution in [0.4, 0.5) is 0 Å². The van der Waals surface area contributed by atoms with Gasteiger partial charge < -0.3 is 20.1 Å². The molecule has 0 aromatic heterocycles. The molecule has 29 heavy (non-hydrogen) atoms. The normalized spacial score (nSPS) is 27.4. The van der Waals surface area contributed by atoms with E-state index in [1.807, 2.05) is 7.05 Å². The summed E-state index contributed by atoms with van der Waals surface area (Å²) in [5.41, 5.74) is 2.56. The highest BCUT2D eigenvalue weighted by Crippen LogP contribution is 2.33. The molecule has 2 N–H and O–H groups in total. The third-order valence-electron chi connectivity index (χ3n) is 6.16. The Morgan fingerprint density at radius 1 is 1.24 bits per heavy atom. The van der Waals surface area contributed by atoms with Crippen molar-refractivity contribution in [3.63, 3.8) is 0 Å². The summed E-state index contributed by atoms with van der Waals surface area (Å²) in [5, 5.41) is 7.04. The number of hydrogen-bond donors (Lipinski definition) is 2. The van der Waals surface area contributed by atoms with Gasteiger partial charge in [-0.1, -0.05) is 29.8 Å². The maximum Gasteiger partial charge on any atom is 0.191 e. The average molecular weight is 403 g/mol. The van der Waals surface area contributed by atoms with E-state index in [4.69, 9.17) is 9.47 Å². The Balaban J connectivity index is 1.50. The zero-order valence-electron chi connectivity index (χ0n) is 18.5. The highest BCUT2D eigenvalue weighted by atomic mass is 16.5. The Morgan fingerprint density at radius 3 is 2.76 bits per heavy atom. The minimum Gasteiger partial charge on any atom is -0.379 e. The van der Waals surface area contributed by atoms with Gasteiger partial charge in [-0.25, -0.2) is 0 Å². The van der Waals surface area contributed by atoms with E-state index in [1.54, 1.807) is 0 Å². The molecule has 4 unspecified atom stereocenters. The lowest BCUT2D eigenvalue weighted by Crippen LogP contribution is -2.53. The molecule has 6 nitrogen and oxygen atoms in total. The smallest absolute Gasteiger partial charge is 0.191 e. The summed E-state index contributed by atoms with van der Waals surface area (Å²) >= 11 is 0. The fraction of sp³-hybridized carbons (Fsp3) is 0.696. The van der Waals surface area contributed by atoms with Crippen LogP contribution in [0.5, 0.6) is 0 Å². The third kappa shape index (κ3) is 6.17. The van der Waals surface area contributed by atoms with Crippen LogP contribution >= 0.6 is 0 Å². The molecule has 0 radical (unpaired) electrons. The predicted octanol–water partition coefficient (Wildman–Crippen LogP) is 2.74. The second-order valence-corrected chi connectivity index (χ2v) is 8.45. The molecule has 2 fully saturated rings. The van der Waals surface area contributed by atoms with Gasteiger partial charge in [0, 0.05) is 51.3 Å². The van der Waals surface area contributed by atoms with Crippen LogP contribution in [0, 0.1) is 12.8 Å². The Kier molecular flexibility index (Phi) is 8.33. The second kappa shape index (κ2) is 11.0. The summed E-state index contributed by atoms with van der Waals surface area (Å²) in [6.45, 7) is 11.8. The van der Waals surface area contributed by atoms with Gasteiger partial charge in [0.05, 0.1) is 19.3 Å². The molecule has 3 rings (SSSR count). The van der Waals surface area contributed by atoms with Crippen LogP contribution in [0.25, 0.3) is 0 Å². The van der Waals surface area contributed by atoms with Crippen molar-refractivity contribution in [3.8, 4) is 0 Å². The number of rotatable bonds is 6. The van der Waals surface area contributed by atoms with Gasteiger partial charge >= 0.3 is 0 Å². The fourth-order valence-electron chi connectivity index (χ4n) is 4.38. The molecule has 4 atom stereocenters. The molecule has 0 amide bonds. The first-order chi connectivity index (χ1) is 14.1. The first-order valence-corrected chi connectivity index (χ1v) is 11.0. The van der Waals surface area contributed by atoms with Gasteiger partial charge in [0.25, 0.3) is 0 Å². The summed E-state index contributed by atoms with van der Waals surface area (Å²) in [5.74, 6) is 1.31. The zero-order chi connectivity index (χ0) is 20.6. The lowest BCUT2D eigenvalue weighted by atomic mass is 9.89. The first-order valence-electron chi connectivity index (χ1n) is 11.0. The molecule has 0 bridgehead atoms. The molecule has 2 saturated heterocycles. The number of aryl methyl sites for hydroxylation is 1. The molecule has 6 heteroatoms. The molecular formula is C23H38N4O2. The number of hydrogen-bond acceptors (Lipinski definition) is 4. The summed E-state index contributed by atoms with van der Waals surface area (Å²) < 4.78 is 11.7. The van der Waals surface area contributed by atoms with Crippen LogP contribution in [0.3, 0.4) is 0 Å². The number of nitrogens with one attached hydrogen (secondary N) is 2. The van der Waals surface area contributed by atoms with Crippen molar-refractivity contribution in [2.75, 3.05) is 46.5 Å². The van der Waals surface area contributed by atoms with Gasteiger partial charge in [-0.05, 0) is 39.2 Å². The van der Waals surface area contributed by atoms with Crippen LogP contribution in [0.2, 0.25) is 0 Å². The van der Waals surface area contributed by atoms with Crippen molar-refractivity contribution in [2.45, 2.75) is 51.8 Å². The van der Waals surface area contributed by atoms with Crippen molar-refractivity contribution in [3.05, 3.63) is 35.4 Å². The summed E-state index contributed by atoms with van der Waals surface area (Å²) in [6.07, 6.45) is 2.44. The van der Waals surface area contributed by atoms with Crippen LogP contribution < -0.4 is 10.6 Å². The number of morpholine rings is 1. The van der Waals surface area contributed by atoms with Gasteiger partial charge in [0.1, 0.15) is 0 Å². The number of guanidine groups is 1. The Bertz CT molecular complexity index is 649. The quantitative estimate of drug-likeness (QED) is 0.566. The van der Waals surface area contributed by atoms with E-state index in [0.29, 0.717) is 18.0 Å². The number of aliphatic imine (C=N–C) groups is 1. The number of nitrogens with zero attached hydrogens (tertiary/aromatic N) is 2. The largest absolute Gasteiger partial charge is 0.379 e. The maximum absolute atomic E-state index is 6.15. The summed E-state index contributed by atoms with van der Waals surface area (Å²) in [7, 11) is 1.84. The molecule has 0 spiro atoms. The first kappa shape index (κ1) is 22.1. The van der Waals surface area contributed by atoms with E-state index in [0.717, 1.165) is 51.8 Å². The second-order valence-electron chi connectivity index (χ2n) is 8.45. The lowest BCUT2D eigenvalue weighted by molar-refractivity contribution is -0.0266. The van der Waals surface area contributed by atoms with Crippen LogP contribution in [-0.4, -0.2) is 69.4 Å². The predicted molar refractivity (Wildman–Crippen MR) is 118 cm³/mol. The minimum atomic E-state index is 0.156. The topological polar surface area (TPSA) is 58.1 Å². The van der Waals surface area contributed by atoms with E-state index < -0.39 is 0 Å². The van der Waals surface area contributed by atoms with Gasteiger partial charge in [-0.3, -0.25) is 9.89 Å². The monoisotopic (exact) mass is 402 g/mol. The van der Waals surface area contributed by atoms with Gasteiger partial charge in [-0.15, -0.1) is 0 Å². The third-order valence-corrected chi connectivity index (χ3v) is 6.16. The molecule has 162 valence electrons. The molecule has 2 heterocycles. The molecular weight excluding hydrogens is 364 g/mol. The van der Waals surface area contributed by atoms with Gasteiger partial charge in [-0.2, -0.15) is 0 Å². The molecule has 0 saturated carbocycles. The molecule has 2 aliphatic rings. The number of ether oxygens (including phenoxy) is 2. The van der Waals surface area contributed by atoms with Crippen LogP contribution in [0.1, 0.15) is 43.9 Å². The van der Waals surface area contributed by atoms with Crippen molar-refractivity contribution < 1.29 is 9.47 Å². The van der Waals surface area contributed by atoms with Crippen LogP contribution in [0.15, 0.2) is 29.3 Å². The SMILES string of the molecule is CN=C(NCC1CCCOC1c1ccc(C)cc1)NCC(C)N1CCOCC1C. The van der Waals surface area contributed by atoms with Crippen molar-refractivity contribution >= 4 is 5.96 Å². The standard InChI is InChI=1S/C23H38N4O2/c1-17-7-9-20(10-8-17)22-21(6-5-12-29-22)15-26-23(24-4)25-14-18(2)27-11-13-28-16-19(27)3/h7-10,18-19,21-22H,5-6,11-16H2,1-4H3,(H2,24,25,26). The highest BCUT2D eigenvalue weighted by molar-refractivity contribution is 5.79. The molecule has 1 aromatic rings. The van der Waals surface area contributed by atoms with Gasteiger partial charge in [0.2, 0.25) is 0 Å². The van der Waals surface area contributed by atoms with Gasteiger partial charge in [0.15, 0.2) is 5.96 Å². The van der Waals surface area contributed by atoms with E-state index in [2.05, 4.69) is 65.6 Å². The Morgan fingerprint density at radius 2 is 2.03 bits per heavy atom. The van der Waals surface area contributed by atoms with Crippen molar-refractivity contribution in [1.82, 2.24) is 15.5 Å². The van der Waals surface area contributed by atoms with E-state index in [1.165, 1.54) is 17.5 Å². The summed E-state index contributed by atoms with van der Waals surface area (Å²) in [4.78, 5) is 6.93. The van der Waals surface area contributed by atoms with Crippen LogP contribution in [-0.2, 0) is 9.47 Å². The molecule has 0 aliphatic carbocycles. The van der Waals surface area contributed by atoms with E-state index >= 15 is 0 Å².